The lowest BCUT2D eigenvalue weighted by Crippen LogP contribution is -2.25. The van der Waals surface area contributed by atoms with Crippen molar-refractivity contribution < 1.29 is 4.79 Å². The van der Waals surface area contributed by atoms with E-state index in [-0.39, 0.29) is 11.8 Å². The van der Waals surface area contributed by atoms with Gasteiger partial charge in [-0.1, -0.05) is 12.1 Å². The minimum atomic E-state index is 0.0289. The highest BCUT2D eigenvalue weighted by molar-refractivity contribution is 5.95. The Labute approximate surface area is 146 Å². The molecule has 1 aliphatic heterocycles. The molecule has 3 heterocycles. The van der Waals surface area contributed by atoms with Crippen LogP contribution >= 0.6 is 0 Å². The van der Waals surface area contributed by atoms with Crippen LogP contribution in [0.1, 0.15) is 12.2 Å². The van der Waals surface area contributed by atoms with Gasteiger partial charge >= 0.3 is 0 Å². The Morgan fingerprint density at radius 3 is 2.84 bits per heavy atom. The number of aromatic nitrogens is 3. The molecule has 1 aliphatic rings. The Kier molecular flexibility index (Phi) is 3.97. The summed E-state index contributed by atoms with van der Waals surface area (Å²) in [6.07, 6.45) is 4.56. The Morgan fingerprint density at radius 2 is 2.12 bits per heavy atom. The molecule has 1 amide bonds. The average molecular weight is 335 g/mol. The molecule has 0 aliphatic carbocycles. The van der Waals surface area contributed by atoms with Crippen LogP contribution in [0.5, 0.6) is 0 Å². The lowest BCUT2D eigenvalue weighted by Gasteiger charge is -2.10. The van der Waals surface area contributed by atoms with E-state index < -0.39 is 0 Å². The lowest BCUT2D eigenvalue weighted by atomic mass is 10.1. The average Bonchev–Trinajstić information content (AvgIpc) is 3.26. The van der Waals surface area contributed by atoms with Crippen molar-refractivity contribution in [3.8, 4) is 11.3 Å². The molecule has 6 nitrogen and oxygen atoms in total. The minimum Gasteiger partial charge on any atom is -0.331 e. The van der Waals surface area contributed by atoms with Crippen molar-refractivity contribution in [1.29, 1.82) is 0 Å². The van der Waals surface area contributed by atoms with Crippen LogP contribution in [0.3, 0.4) is 0 Å². The molecule has 1 unspecified atom stereocenters. The van der Waals surface area contributed by atoms with Crippen LogP contribution in [0.15, 0.2) is 36.7 Å². The molecule has 1 aromatic carbocycles. The first kappa shape index (κ1) is 15.8. The fraction of sp³-hybridized carbons (Fsp3) is 0.316. The number of nitrogens with zero attached hydrogens (tertiary/aromatic N) is 3. The van der Waals surface area contributed by atoms with Crippen molar-refractivity contribution in [2.24, 2.45) is 13.0 Å². The Morgan fingerprint density at radius 1 is 1.24 bits per heavy atom. The van der Waals surface area contributed by atoms with Crippen LogP contribution < -0.4 is 10.6 Å². The maximum absolute atomic E-state index is 12.3. The zero-order valence-corrected chi connectivity index (χ0v) is 14.4. The van der Waals surface area contributed by atoms with Crippen LogP contribution in [0.25, 0.3) is 22.0 Å². The van der Waals surface area contributed by atoms with Gasteiger partial charge in [0.2, 0.25) is 5.91 Å². The Hall–Kier alpha value is -2.73. The van der Waals surface area contributed by atoms with Crippen molar-refractivity contribution in [1.82, 2.24) is 19.9 Å². The van der Waals surface area contributed by atoms with Crippen molar-refractivity contribution in [2.75, 3.05) is 18.4 Å². The molecule has 4 rings (SSSR count). The molecule has 128 valence electrons. The number of hydrogen-bond donors (Lipinski definition) is 2. The van der Waals surface area contributed by atoms with Crippen molar-refractivity contribution >= 4 is 22.5 Å². The van der Waals surface area contributed by atoms with Crippen molar-refractivity contribution in [3.63, 3.8) is 0 Å². The van der Waals surface area contributed by atoms with E-state index in [9.17, 15) is 4.79 Å². The van der Waals surface area contributed by atoms with Crippen LogP contribution in [-0.2, 0) is 11.8 Å². The quantitative estimate of drug-likeness (QED) is 0.771. The number of pyridine rings is 1. The van der Waals surface area contributed by atoms with E-state index in [0.29, 0.717) is 5.82 Å². The zero-order chi connectivity index (χ0) is 17.4. The summed E-state index contributed by atoms with van der Waals surface area (Å²) in [4.78, 5) is 21.0. The molecule has 0 bridgehead atoms. The first-order chi connectivity index (χ1) is 12.1. The molecular formula is C19H21N5O. The topological polar surface area (TPSA) is 71.8 Å². The highest BCUT2D eigenvalue weighted by Gasteiger charge is 2.22. The molecule has 0 radical (unpaired) electrons. The van der Waals surface area contributed by atoms with Gasteiger partial charge in [-0.2, -0.15) is 0 Å². The molecule has 25 heavy (non-hydrogen) atoms. The largest absolute Gasteiger partial charge is 0.331 e. The Balaban J connectivity index is 1.64. The van der Waals surface area contributed by atoms with Gasteiger partial charge < -0.3 is 15.2 Å². The molecule has 6 heteroatoms. The summed E-state index contributed by atoms with van der Waals surface area (Å²) in [5.74, 6) is 1.64. The molecule has 0 spiro atoms. The molecule has 0 saturated carbocycles. The number of hydrogen-bond acceptors (Lipinski definition) is 4. The molecule has 1 saturated heterocycles. The van der Waals surface area contributed by atoms with E-state index in [4.69, 9.17) is 0 Å². The number of rotatable bonds is 3. The SMILES string of the molecule is Cc1ncc(-c2ccc3cnc(NC(=O)C4CCNC4)cc3c2)n1C. The van der Waals surface area contributed by atoms with E-state index in [1.165, 1.54) is 0 Å². The zero-order valence-electron chi connectivity index (χ0n) is 14.4. The van der Waals surface area contributed by atoms with Gasteiger partial charge in [-0.25, -0.2) is 9.97 Å². The van der Waals surface area contributed by atoms with Crippen molar-refractivity contribution in [2.45, 2.75) is 13.3 Å². The summed E-state index contributed by atoms with van der Waals surface area (Å²) in [6, 6.07) is 8.16. The third kappa shape index (κ3) is 3.00. The van der Waals surface area contributed by atoms with Gasteiger partial charge in [0.05, 0.1) is 17.8 Å². The summed E-state index contributed by atoms with van der Waals surface area (Å²) in [5, 5.41) is 8.25. The van der Waals surface area contributed by atoms with Gasteiger partial charge in [0.15, 0.2) is 0 Å². The van der Waals surface area contributed by atoms with E-state index in [0.717, 1.165) is 47.4 Å². The van der Waals surface area contributed by atoms with E-state index >= 15 is 0 Å². The summed E-state index contributed by atoms with van der Waals surface area (Å²) < 4.78 is 2.07. The van der Waals surface area contributed by atoms with Crippen LogP contribution in [-0.4, -0.2) is 33.5 Å². The predicted molar refractivity (Wildman–Crippen MR) is 98.3 cm³/mol. The monoisotopic (exact) mass is 335 g/mol. The highest BCUT2D eigenvalue weighted by Crippen LogP contribution is 2.26. The summed E-state index contributed by atoms with van der Waals surface area (Å²) in [6.45, 7) is 3.63. The Bertz CT molecular complexity index is 940. The normalized spacial score (nSPS) is 17.1. The van der Waals surface area contributed by atoms with Gasteiger partial charge in [-0.3, -0.25) is 4.79 Å². The summed E-state index contributed by atoms with van der Waals surface area (Å²) >= 11 is 0. The lowest BCUT2D eigenvalue weighted by molar-refractivity contribution is -0.119. The summed E-state index contributed by atoms with van der Waals surface area (Å²) in [7, 11) is 2.01. The van der Waals surface area contributed by atoms with E-state index in [2.05, 4.69) is 37.3 Å². The molecule has 3 aromatic rings. The number of anilines is 1. The van der Waals surface area contributed by atoms with E-state index in [1.807, 2.05) is 32.3 Å². The predicted octanol–water partition coefficient (Wildman–Crippen LogP) is 2.49. The molecular weight excluding hydrogens is 314 g/mol. The van der Waals surface area contributed by atoms with Gasteiger partial charge in [-0.15, -0.1) is 0 Å². The molecule has 1 fully saturated rings. The fourth-order valence-corrected chi connectivity index (χ4v) is 3.25. The number of nitrogens with one attached hydrogen (secondary N) is 2. The van der Waals surface area contributed by atoms with Crippen LogP contribution in [0.2, 0.25) is 0 Å². The summed E-state index contributed by atoms with van der Waals surface area (Å²) in [5.41, 5.74) is 2.16. The van der Waals surface area contributed by atoms with E-state index in [1.54, 1.807) is 6.20 Å². The second-order valence-electron chi connectivity index (χ2n) is 6.56. The number of amides is 1. The second-order valence-corrected chi connectivity index (χ2v) is 6.56. The number of fused-ring (bicyclic) bond motifs is 1. The number of carbonyl (C=O) groups is 1. The number of benzene rings is 1. The van der Waals surface area contributed by atoms with Crippen molar-refractivity contribution in [3.05, 3.63) is 42.5 Å². The number of carbonyl (C=O) groups excluding carboxylic acids is 1. The number of imidazole rings is 1. The van der Waals surface area contributed by atoms with Gasteiger partial charge in [-0.05, 0) is 37.4 Å². The molecule has 2 aromatic heterocycles. The smallest absolute Gasteiger partial charge is 0.229 e. The van der Waals surface area contributed by atoms with Gasteiger partial charge in [0, 0.05) is 30.7 Å². The first-order valence-electron chi connectivity index (χ1n) is 8.52. The van der Waals surface area contributed by atoms with Crippen LogP contribution in [0.4, 0.5) is 5.82 Å². The molecule has 1 atom stereocenters. The highest BCUT2D eigenvalue weighted by atomic mass is 16.2. The van der Waals surface area contributed by atoms with Gasteiger partial charge in [0.25, 0.3) is 0 Å². The minimum absolute atomic E-state index is 0.0289. The third-order valence-corrected chi connectivity index (χ3v) is 4.92. The molecule has 2 N–H and O–H groups in total. The fourth-order valence-electron chi connectivity index (χ4n) is 3.25. The first-order valence-corrected chi connectivity index (χ1v) is 8.52. The second kappa shape index (κ2) is 6.29. The standard InChI is InChI=1S/C19H21N5O/c1-12-21-11-17(24(12)2)13-3-4-14-10-22-18(8-16(14)7-13)23-19(25)15-5-6-20-9-15/h3-4,7-8,10-11,15,20H,5-6,9H2,1-2H3,(H,22,23,25). The van der Waals surface area contributed by atoms with Crippen LogP contribution in [0, 0.1) is 12.8 Å². The number of aryl methyl sites for hydroxylation is 1. The maximum atomic E-state index is 12.3. The maximum Gasteiger partial charge on any atom is 0.229 e. The van der Waals surface area contributed by atoms with Gasteiger partial charge in [0.1, 0.15) is 11.6 Å². The third-order valence-electron chi connectivity index (χ3n) is 4.92.